The van der Waals surface area contributed by atoms with E-state index in [4.69, 9.17) is 4.74 Å². The van der Waals surface area contributed by atoms with E-state index in [9.17, 15) is 9.59 Å². The summed E-state index contributed by atoms with van der Waals surface area (Å²) in [5.41, 5.74) is 4.66. The second-order valence-electron chi connectivity index (χ2n) is 7.94. The quantitative estimate of drug-likeness (QED) is 0.291. The molecule has 5 nitrogen and oxygen atoms in total. The van der Waals surface area contributed by atoms with E-state index in [0.717, 1.165) is 30.3 Å². The molecule has 1 atom stereocenters. The van der Waals surface area contributed by atoms with Gasteiger partial charge in [-0.3, -0.25) is 0 Å². The van der Waals surface area contributed by atoms with E-state index in [0.29, 0.717) is 30.2 Å². The van der Waals surface area contributed by atoms with Gasteiger partial charge in [-0.2, -0.15) is 0 Å². The number of hydrogen-bond donors (Lipinski definition) is 2. The number of carbonyl (C=O) groups excluding carboxylic acids is 2. The summed E-state index contributed by atoms with van der Waals surface area (Å²) in [7, 11) is 0. The van der Waals surface area contributed by atoms with Gasteiger partial charge in [-0.05, 0) is 61.1 Å². The number of nitrogens with one attached hydrogen (secondary N) is 2. The van der Waals surface area contributed by atoms with Crippen molar-refractivity contribution in [1.82, 2.24) is 0 Å². The molecule has 0 heterocycles. The topological polar surface area (TPSA) is 67.4 Å². The van der Waals surface area contributed by atoms with Crippen LogP contribution in [0.3, 0.4) is 0 Å². The molecule has 0 saturated carbocycles. The minimum Gasteiger partial charge on any atom is -0.491 e. The van der Waals surface area contributed by atoms with Crippen molar-refractivity contribution < 1.29 is 14.3 Å². The number of aryl methyl sites for hydroxylation is 2. The van der Waals surface area contributed by atoms with Gasteiger partial charge < -0.3 is 20.2 Å². The Morgan fingerprint density at radius 1 is 1.00 bits per heavy atom. The number of amides is 2. The van der Waals surface area contributed by atoms with Crippen LogP contribution in [0.2, 0.25) is 0 Å². The second-order valence-corrected chi connectivity index (χ2v) is 7.94. The van der Waals surface area contributed by atoms with Crippen molar-refractivity contribution >= 4 is 23.7 Å². The van der Waals surface area contributed by atoms with Crippen LogP contribution in [0.15, 0.2) is 72.8 Å². The average molecular weight is 431 g/mol. The summed E-state index contributed by atoms with van der Waals surface area (Å²) >= 11 is 0. The summed E-state index contributed by atoms with van der Waals surface area (Å²) in [5, 5.41) is 5.75. The molecular weight excluding hydrogens is 400 g/mol. The molecule has 32 heavy (non-hydrogen) atoms. The highest BCUT2D eigenvalue weighted by Gasteiger charge is 2.13. The van der Waals surface area contributed by atoms with Crippen LogP contribution in [0.25, 0.3) is 0 Å². The van der Waals surface area contributed by atoms with Gasteiger partial charge in [0.05, 0.1) is 12.3 Å². The molecule has 3 aromatic rings. The third-order valence-electron chi connectivity index (χ3n) is 5.29. The third-order valence-corrected chi connectivity index (χ3v) is 5.29. The van der Waals surface area contributed by atoms with Crippen LogP contribution in [0, 0.1) is 6.92 Å². The Balaban J connectivity index is 1.67. The van der Waals surface area contributed by atoms with Crippen molar-refractivity contribution in [1.29, 1.82) is 0 Å². The van der Waals surface area contributed by atoms with Crippen LogP contribution in [0.5, 0.6) is 5.75 Å². The summed E-state index contributed by atoms with van der Waals surface area (Å²) < 4.78 is 6.01. The number of anilines is 2. The maximum absolute atomic E-state index is 12.6. The minimum atomic E-state index is -0.344. The Hall–Kier alpha value is -3.60. The molecule has 0 saturated heterocycles. The predicted molar refractivity (Wildman–Crippen MR) is 130 cm³/mol. The summed E-state index contributed by atoms with van der Waals surface area (Å²) in [6.45, 7) is 4.52. The Bertz CT molecular complexity index is 1020. The van der Waals surface area contributed by atoms with Crippen molar-refractivity contribution in [3.05, 3.63) is 89.5 Å². The van der Waals surface area contributed by atoms with Gasteiger partial charge in [0.25, 0.3) is 0 Å². The average Bonchev–Trinajstić information content (AvgIpc) is 2.80. The fourth-order valence-electron chi connectivity index (χ4n) is 3.38. The molecule has 0 bridgehead atoms. The molecule has 0 aromatic heterocycles. The van der Waals surface area contributed by atoms with Crippen LogP contribution in [-0.2, 0) is 11.2 Å². The molecule has 0 fully saturated rings. The molecule has 0 radical (unpaired) electrons. The van der Waals surface area contributed by atoms with Crippen molar-refractivity contribution in [3.63, 3.8) is 0 Å². The highest BCUT2D eigenvalue weighted by atomic mass is 16.5. The highest BCUT2D eigenvalue weighted by molar-refractivity contribution is 6.00. The summed E-state index contributed by atoms with van der Waals surface area (Å²) in [5.74, 6) is 0.666. The maximum Gasteiger partial charge on any atom is 0.323 e. The summed E-state index contributed by atoms with van der Waals surface area (Å²) in [4.78, 5) is 23.5. The molecule has 0 spiro atoms. The van der Waals surface area contributed by atoms with E-state index >= 15 is 0 Å². The minimum absolute atomic E-state index is 0.0559. The number of aldehydes is 1. The molecule has 3 aromatic carbocycles. The summed E-state index contributed by atoms with van der Waals surface area (Å²) in [6, 6.07) is 23.2. The van der Waals surface area contributed by atoms with E-state index in [1.165, 1.54) is 5.56 Å². The maximum atomic E-state index is 12.6. The first-order chi connectivity index (χ1) is 15.5. The second kappa shape index (κ2) is 11.7. The largest absolute Gasteiger partial charge is 0.491 e. The standard InChI is InChI=1S/C27H30N2O3/c1-20-10-13-24(14-11-20)28-27(31)29-25-19-23(21(2)16-17-30)12-15-26(25)32-18-6-9-22-7-4-3-5-8-22/h3-5,7-8,10-15,17,19,21H,6,9,16,18H2,1-2H3,(H2,28,29,31). The lowest BCUT2D eigenvalue weighted by atomic mass is 9.98. The van der Waals surface area contributed by atoms with Gasteiger partial charge in [-0.25, -0.2) is 4.79 Å². The normalized spacial score (nSPS) is 11.4. The molecule has 5 heteroatoms. The molecule has 0 aliphatic heterocycles. The number of carbonyl (C=O) groups is 2. The number of hydrogen-bond acceptors (Lipinski definition) is 3. The number of benzene rings is 3. The van der Waals surface area contributed by atoms with Crippen molar-refractivity contribution in [2.45, 2.75) is 39.0 Å². The third kappa shape index (κ3) is 6.98. The zero-order valence-electron chi connectivity index (χ0n) is 18.6. The van der Waals surface area contributed by atoms with Crippen molar-refractivity contribution in [2.24, 2.45) is 0 Å². The molecule has 2 N–H and O–H groups in total. The van der Waals surface area contributed by atoms with E-state index in [2.05, 4.69) is 22.8 Å². The number of ether oxygens (including phenoxy) is 1. The molecule has 0 aliphatic rings. The van der Waals surface area contributed by atoms with E-state index < -0.39 is 0 Å². The van der Waals surface area contributed by atoms with E-state index in [-0.39, 0.29) is 11.9 Å². The summed E-state index contributed by atoms with van der Waals surface area (Å²) in [6.07, 6.45) is 3.12. The Morgan fingerprint density at radius 2 is 1.75 bits per heavy atom. The smallest absolute Gasteiger partial charge is 0.323 e. The predicted octanol–water partition coefficient (Wildman–Crippen LogP) is 6.34. The molecule has 1 unspecified atom stereocenters. The first kappa shape index (κ1) is 23.1. The number of rotatable bonds is 10. The van der Waals surface area contributed by atoms with Gasteiger partial charge in [-0.1, -0.05) is 61.0 Å². The lowest BCUT2D eigenvalue weighted by Gasteiger charge is -2.17. The molecular formula is C27H30N2O3. The van der Waals surface area contributed by atoms with Crippen molar-refractivity contribution in [2.75, 3.05) is 17.2 Å². The van der Waals surface area contributed by atoms with Gasteiger partial charge in [0.2, 0.25) is 0 Å². The van der Waals surface area contributed by atoms with Gasteiger partial charge in [0, 0.05) is 12.1 Å². The van der Waals surface area contributed by atoms with Gasteiger partial charge in [0.15, 0.2) is 0 Å². The lowest BCUT2D eigenvalue weighted by Crippen LogP contribution is -2.20. The monoisotopic (exact) mass is 430 g/mol. The molecule has 166 valence electrons. The zero-order valence-corrected chi connectivity index (χ0v) is 18.6. The Morgan fingerprint density at radius 3 is 2.47 bits per heavy atom. The van der Waals surface area contributed by atoms with E-state index in [1.54, 1.807) is 0 Å². The van der Waals surface area contributed by atoms with E-state index in [1.807, 2.05) is 74.5 Å². The molecule has 3 rings (SSSR count). The first-order valence-electron chi connectivity index (χ1n) is 10.9. The van der Waals surface area contributed by atoms with Crippen LogP contribution in [0.4, 0.5) is 16.2 Å². The first-order valence-corrected chi connectivity index (χ1v) is 10.9. The van der Waals surface area contributed by atoms with Crippen LogP contribution < -0.4 is 15.4 Å². The van der Waals surface area contributed by atoms with Crippen LogP contribution >= 0.6 is 0 Å². The number of urea groups is 1. The molecule has 2 amide bonds. The van der Waals surface area contributed by atoms with Gasteiger partial charge in [-0.15, -0.1) is 0 Å². The van der Waals surface area contributed by atoms with Gasteiger partial charge in [0.1, 0.15) is 12.0 Å². The van der Waals surface area contributed by atoms with Gasteiger partial charge >= 0.3 is 6.03 Å². The Kier molecular flexibility index (Phi) is 8.44. The molecule has 0 aliphatic carbocycles. The van der Waals surface area contributed by atoms with Crippen molar-refractivity contribution in [3.8, 4) is 5.75 Å². The highest BCUT2D eigenvalue weighted by Crippen LogP contribution is 2.30. The van der Waals surface area contributed by atoms with Crippen LogP contribution in [0.1, 0.15) is 42.4 Å². The fraction of sp³-hybridized carbons (Fsp3) is 0.259. The fourth-order valence-corrected chi connectivity index (χ4v) is 3.38. The SMILES string of the molecule is Cc1ccc(NC(=O)Nc2cc(C(C)CC=O)ccc2OCCCc2ccccc2)cc1. The van der Waals surface area contributed by atoms with Crippen LogP contribution in [-0.4, -0.2) is 18.9 Å². The lowest BCUT2D eigenvalue weighted by molar-refractivity contribution is -0.108. The Labute approximate surface area is 189 Å². The zero-order chi connectivity index (χ0) is 22.8.